The van der Waals surface area contributed by atoms with Gasteiger partial charge in [-0.05, 0) is 19.8 Å². The molecule has 0 aromatic carbocycles. The first-order valence-electron chi connectivity index (χ1n) is 7.51. The largest absolute Gasteiger partial charge is 0.462 e. The Balaban J connectivity index is 1.81. The molecule has 1 aromatic rings. The number of aromatic amines is 1. The minimum absolute atomic E-state index is 0.275. The van der Waals surface area contributed by atoms with Gasteiger partial charge in [-0.2, -0.15) is 0 Å². The third-order valence-corrected chi connectivity index (χ3v) is 3.19. The number of rotatable bonds is 11. The molecule has 1 N–H and O–H groups in total. The molecule has 0 saturated heterocycles. The number of carbonyl (C=O) groups is 1. The summed E-state index contributed by atoms with van der Waals surface area (Å²) in [7, 11) is 0. The number of hydrogen-bond donors (Lipinski definition) is 1. The van der Waals surface area contributed by atoms with Crippen molar-refractivity contribution in [3.8, 4) is 0 Å². The summed E-state index contributed by atoms with van der Waals surface area (Å²) in [6.45, 7) is 5.74. The Hall–Kier alpha value is -1.58. The van der Waals surface area contributed by atoms with Crippen LogP contribution < -0.4 is 0 Å². The lowest BCUT2D eigenvalue weighted by molar-refractivity contribution is -0.139. The van der Waals surface area contributed by atoms with Crippen LogP contribution in [0.15, 0.2) is 24.5 Å². The van der Waals surface area contributed by atoms with Crippen LogP contribution in [0.3, 0.4) is 0 Å². The molecule has 0 bridgehead atoms. The number of carbonyl (C=O) groups excluding carboxylic acids is 1. The molecule has 112 valence electrons. The van der Waals surface area contributed by atoms with E-state index in [9.17, 15) is 4.79 Å². The second kappa shape index (κ2) is 10.2. The Morgan fingerprint density at radius 1 is 1.20 bits per heavy atom. The minimum Gasteiger partial charge on any atom is -0.462 e. The molecule has 0 atom stereocenters. The number of hydrogen-bond acceptors (Lipinski definition) is 3. The Morgan fingerprint density at radius 3 is 2.45 bits per heavy atom. The van der Waals surface area contributed by atoms with E-state index in [-0.39, 0.29) is 5.97 Å². The number of ether oxygens (including phenoxy) is 1. The Labute approximate surface area is 121 Å². The van der Waals surface area contributed by atoms with E-state index in [4.69, 9.17) is 4.74 Å². The number of imidazole rings is 1. The fourth-order valence-corrected chi connectivity index (χ4v) is 2.00. The van der Waals surface area contributed by atoms with Crippen LogP contribution >= 0.6 is 0 Å². The molecule has 0 aliphatic carbocycles. The van der Waals surface area contributed by atoms with Crippen LogP contribution in [-0.2, 0) is 16.0 Å². The van der Waals surface area contributed by atoms with Gasteiger partial charge in [-0.3, -0.25) is 0 Å². The molecule has 0 radical (unpaired) electrons. The van der Waals surface area contributed by atoms with Crippen molar-refractivity contribution in [3.05, 3.63) is 30.4 Å². The van der Waals surface area contributed by atoms with Crippen LogP contribution in [0.1, 0.15) is 57.7 Å². The highest BCUT2D eigenvalue weighted by Gasteiger charge is 2.01. The van der Waals surface area contributed by atoms with Crippen LogP contribution in [0.5, 0.6) is 0 Å². The third-order valence-electron chi connectivity index (χ3n) is 3.19. The zero-order chi connectivity index (χ0) is 14.6. The van der Waals surface area contributed by atoms with Crippen molar-refractivity contribution in [3.63, 3.8) is 0 Å². The summed E-state index contributed by atoms with van der Waals surface area (Å²) >= 11 is 0. The fourth-order valence-electron chi connectivity index (χ4n) is 2.00. The molecule has 0 aliphatic heterocycles. The molecule has 1 rings (SSSR count). The lowest BCUT2D eigenvalue weighted by atomic mass is 10.1. The Morgan fingerprint density at radius 2 is 1.85 bits per heavy atom. The minimum atomic E-state index is -0.275. The normalized spacial score (nSPS) is 10.4. The molecule has 20 heavy (non-hydrogen) atoms. The average Bonchev–Trinajstić information content (AvgIpc) is 2.93. The summed E-state index contributed by atoms with van der Waals surface area (Å²) in [4.78, 5) is 18.4. The van der Waals surface area contributed by atoms with Gasteiger partial charge in [-0.1, -0.05) is 38.7 Å². The van der Waals surface area contributed by atoms with Crippen LogP contribution in [0, 0.1) is 0 Å². The first kappa shape index (κ1) is 16.5. The van der Waals surface area contributed by atoms with Crippen molar-refractivity contribution >= 4 is 5.97 Å². The van der Waals surface area contributed by atoms with Crippen molar-refractivity contribution in [1.29, 1.82) is 0 Å². The van der Waals surface area contributed by atoms with Gasteiger partial charge in [0.25, 0.3) is 0 Å². The molecule has 4 heteroatoms. The fraction of sp³-hybridized carbons (Fsp3) is 0.625. The van der Waals surface area contributed by atoms with E-state index < -0.39 is 0 Å². The molecule has 1 aromatic heterocycles. The molecular formula is C16H26N2O2. The van der Waals surface area contributed by atoms with Crippen molar-refractivity contribution in [2.24, 2.45) is 0 Å². The molecule has 0 amide bonds. The second-order valence-corrected chi connectivity index (χ2v) is 5.18. The maximum atomic E-state index is 11.1. The molecule has 0 saturated carbocycles. The lowest BCUT2D eigenvalue weighted by Gasteiger charge is -2.04. The lowest BCUT2D eigenvalue weighted by Crippen LogP contribution is -2.05. The van der Waals surface area contributed by atoms with Gasteiger partial charge in [0.1, 0.15) is 5.82 Å². The van der Waals surface area contributed by atoms with E-state index in [2.05, 4.69) is 16.5 Å². The van der Waals surface area contributed by atoms with Crippen LogP contribution in [0.4, 0.5) is 0 Å². The van der Waals surface area contributed by atoms with Gasteiger partial charge >= 0.3 is 5.97 Å². The smallest absolute Gasteiger partial charge is 0.333 e. The molecular weight excluding hydrogens is 252 g/mol. The highest BCUT2D eigenvalue weighted by Crippen LogP contribution is 2.09. The van der Waals surface area contributed by atoms with Gasteiger partial charge in [0, 0.05) is 24.4 Å². The van der Waals surface area contributed by atoms with Crippen molar-refractivity contribution in [2.75, 3.05) is 6.61 Å². The van der Waals surface area contributed by atoms with Gasteiger partial charge in [0.2, 0.25) is 0 Å². The first-order valence-corrected chi connectivity index (χ1v) is 7.51. The molecule has 0 fully saturated rings. The van der Waals surface area contributed by atoms with Crippen LogP contribution in [0.2, 0.25) is 0 Å². The number of esters is 1. The van der Waals surface area contributed by atoms with Crippen molar-refractivity contribution < 1.29 is 9.53 Å². The monoisotopic (exact) mass is 278 g/mol. The SMILES string of the molecule is C=C(C)C(=O)OCCCCCCCCCc1ncc[nH]1. The predicted molar refractivity (Wildman–Crippen MR) is 80.4 cm³/mol. The second-order valence-electron chi connectivity index (χ2n) is 5.18. The zero-order valence-electron chi connectivity index (χ0n) is 12.5. The summed E-state index contributed by atoms with van der Waals surface area (Å²) < 4.78 is 5.04. The van der Waals surface area contributed by atoms with Gasteiger partial charge in [0.15, 0.2) is 0 Å². The summed E-state index contributed by atoms with van der Waals surface area (Å²) in [6, 6.07) is 0. The average molecular weight is 278 g/mol. The molecule has 4 nitrogen and oxygen atoms in total. The van der Waals surface area contributed by atoms with Crippen molar-refractivity contribution in [1.82, 2.24) is 9.97 Å². The van der Waals surface area contributed by atoms with Crippen LogP contribution in [0.25, 0.3) is 0 Å². The first-order chi connectivity index (χ1) is 9.70. The number of nitrogens with one attached hydrogen (secondary N) is 1. The standard InChI is InChI=1S/C16H26N2O2/c1-14(2)16(19)20-13-9-7-5-3-4-6-8-10-15-17-11-12-18-15/h11-12H,1,3-10,13H2,2H3,(H,17,18). The molecule has 0 unspecified atom stereocenters. The van der Waals surface area contributed by atoms with E-state index in [0.29, 0.717) is 12.2 Å². The number of nitrogens with zero attached hydrogens (tertiary/aromatic N) is 1. The molecule has 0 aliphatic rings. The number of aryl methyl sites for hydroxylation is 1. The van der Waals surface area contributed by atoms with Crippen molar-refractivity contribution in [2.45, 2.75) is 58.3 Å². The Kier molecular flexibility index (Phi) is 8.43. The maximum absolute atomic E-state index is 11.1. The summed E-state index contributed by atoms with van der Waals surface area (Å²) in [5.74, 6) is 0.812. The predicted octanol–water partition coefficient (Wildman–Crippen LogP) is 3.80. The summed E-state index contributed by atoms with van der Waals surface area (Å²) in [5, 5.41) is 0. The summed E-state index contributed by atoms with van der Waals surface area (Å²) in [6.07, 6.45) is 13.0. The van der Waals surface area contributed by atoms with Gasteiger partial charge in [-0.15, -0.1) is 0 Å². The van der Waals surface area contributed by atoms with Gasteiger partial charge in [-0.25, -0.2) is 9.78 Å². The van der Waals surface area contributed by atoms with E-state index in [1.807, 2.05) is 6.20 Å². The summed E-state index contributed by atoms with van der Waals surface area (Å²) in [5.41, 5.74) is 0.474. The molecule has 0 spiro atoms. The maximum Gasteiger partial charge on any atom is 0.333 e. The number of unbranched alkanes of at least 4 members (excludes halogenated alkanes) is 6. The van der Waals surface area contributed by atoms with Gasteiger partial charge < -0.3 is 9.72 Å². The Bertz CT molecular complexity index is 385. The van der Waals surface area contributed by atoms with E-state index >= 15 is 0 Å². The zero-order valence-corrected chi connectivity index (χ0v) is 12.5. The quantitative estimate of drug-likeness (QED) is 0.380. The number of H-pyrrole nitrogens is 1. The molecule has 1 heterocycles. The number of aromatic nitrogens is 2. The van der Waals surface area contributed by atoms with Crippen LogP contribution in [-0.4, -0.2) is 22.5 Å². The highest BCUT2D eigenvalue weighted by atomic mass is 16.5. The van der Waals surface area contributed by atoms with E-state index in [1.165, 1.54) is 32.1 Å². The highest BCUT2D eigenvalue weighted by molar-refractivity contribution is 5.86. The third kappa shape index (κ3) is 7.77. The van der Waals surface area contributed by atoms with Gasteiger partial charge in [0.05, 0.1) is 6.61 Å². The topological polar surface area (TPSA) is 55.0 Å². The van der Waals surface area contributed by atoms with E-state index in [1.54, 1.807) is 13.1 Å². The van der Waals surface area contributed by atoms with E-state index in [0.717, 1.165) is 25.1 Å².